The normalized spacial score (nSPS) is 19.9. The van der Waals surface area contributed by atoms with E-state index >= 15 is 0 Å². The van der Waals surface area contributed by atoms with E-state index in [2.05, 4.69) is 10.0 Å². The number of nitrogens with one attached hydrogen (secondary N) is 2. The Balaban J connectivity index is 1.98. The van der Waals surface area contributed by atoms with E-state index in [1.807, 2.05) is 0 Å². The van der Waals surface area contributed by atoms with Crippen molar-refractivity contribution in [2.45, 2.75) is 24.2 Å². The fourth-order valence-corrected chi connectivity index (χ4v) is 3.44. The Hall–Kier alpha value is -1.51. The topological polar surface area (TPSA) is 101 Å². The third-order valence-corrected chi connectivity index (χ3v) is 5.01. The number of nitrogens with zero attached hydrogens (tertiary/aromatic N) is 1. The van der Waals surface area contributed by atoms with E-state index in [1.165, 1.54) is 24.3 Å². The molecule has 0 aliphatic carbocycles. The second-order valence-electron chi connectivity index (χ2n) is 5.17. The Bertz CT molecular complexity index is 578. The minimum absolute atomic E-state index is 0.0506. The lowest BCUT2D eigenvalue weighted by molar-refractivity contribution is -0.384. The van der Waals surface area contributed by atoms with Crippen LogP contribution in [0.2, 0.25) is 0 Å². The lowest BCUT2D eigenvalue weighted by Gasteiger charge is -2.15. The van der Waals surface area contributed by atoms with Gasteiger partial charge < -0.3 is 5.32 Å². The molecule has 116 valence electrons. The van der Waals surface area contributed by atoms with Crippen LogP contribution in [0.3, 0.4) is 0 Å². The number of nitro benzene ring substituents is 1. The van der Waals surface area contributed by atoms with Crippen molar-refractivity contribution in [2.24, 2.45) is 5.92 Å². The van der Waals surface area contributed by atoms with Gasteiger partial charge in [-0.2, -0.15) is 0 Å². The molecule has 1 aliphatic heterocycles. The quantitative estimate of drug-likeness (QED) is 0.629. The fourth-order valence-electron chi connectivity index (χ4n) is 2.32. The number of benzene rings is 1. The summed E-state index contributed by atoms with van der Waals surface area (Å²) in [6, 6.07) is 4.90. The summed E-state index contributed by atoms with van der Waals surface area (Å²) in [6.45, 7) is 2.17. The molecule has 8 heteroatoms. The highest BCUT2D eigenvalue weighted by Gasteiger charge is 2.19. The average molecular weight is 313 g/mol. The maximum Gasteiger partial charge on any atom is 0.269 e. The van der Waals surface area contributed by atoms with Gasteiger partial charge in [0.1, 0.15) is 0 Å². The maximum absolute atomic E-state index is 12.1. The predicted octanol–water partition coefficient (Wildman–Crippen LogP) is 1.26. The van der Waals surface area contributed by atoms with E-state index in [4.69, 9.17) is 0 Å². The summed E-state index contributed by atoms with van der Waals surface area (Å²) in [4.78, 5) is 10.1. The number of non-ortho nitro benzene ring substituents is 1. The van der Waals surface area contributed by atoms with Crippen LogP contribution in [0.4, 0.5) is 5.69 Å². The van der Waals surface area contributed by atoms with E-state index in [-0.39, 0.29) is 16.5 Å². The predicted molar refractivity (Wildman–Crippen MR) is 78.5 cm³/mol. The van der Waals surface area contributed by atoms with Gasteiger partial charge >= 0.3 is 0 Å². The molecule has 1 heterocycles. The molecular weight excluding hydrogens is 294 g/mol. The molecule has 1 aliphatic rings. The highest BCUT2D eigenvalue weighted by atomic mass is 32.2. The van der Waals surface area contributed by atoms with Gasteiger partial charge in [-0.1, -0.05) is 6.42 Å². The zero-order chi connectivity index (χ0) is 15.3. The number of hydrogen-bond donors (Lipinski definition) is 2. The first-order chi connectivity index (χ1) is 9.99. The monoisotopic (exact) mass is 313 g/mol. The Kier molecular flexibility index (Phi) is 5.27. The third-order valence-electron chi connectivity index (χ3n) is 3.57. The van der Waals surface area contributed by atoms with Crippen LogP contribution in [0.25, 0.3) is 0 Å². The van der Waals surface area contributed by atoms with Crippen molar-refractivity contribution in [1.29, 1.82) is 0 Å². The molecular formula is C13H19N3O4S. The molecule has 1 unspecified atom stereocenters. The highest BCUT2D eigenvalue weighted by molar-refractivity contribution is 7.89. The van der Waals surface area contributed by atoms with Gasteiger partial charge in [0.05, 0.1) is 9.82 Å². The first-order valence-electron chi connectivity index (χ1n) is 6.94. The van der Waals surface area contributed by atoms with Crippen LogP contribution in [0.15, 0.2) is 29.2 Å². The van der Waals surface area contributed by atoms with Gasteiger partial charge in [-0.05, 0) is 44.0 Å². The number of hydrogen-bond acceptors (Lipinski definition) is 5. The van der Waals surface area contributed by atoms with Crippen molar-refractivity contribution in [1.82, 2.24) is 10.0 Å². The summed E-state index contributed by atoms with van der Waals surface area (Å²) < 4.78 is 26.9. The summed E-state index contributed by atoms with van der Waals surface area (Å²) in [7, 11) is -3.61. The second kappa shape index (κ2) is 6.97. The van der Waals surface area contributed by atoms with Gasteiger partial charge in [0.25, 0.3) is 5.69 Å². The molecule has 1 aromatic carbocycles. The van der Waals surface area contributed by atoms with Crippen molar-refractivity contribution in [3.05, 3.63) is 34.4 Å². The van der Waals surface area contributed by atoms with E-state index in [0.717, 1.165) is 32.4 Å². The standard InChI is InChI=1S/C13H19N3O4S/c17-16(18)12-4-6-13(7-5-12)21(19,20)15-10-11-3-1-2-8-14-9-11/h4-7,11,14-15H,1-3,8-10H2. The van der Waals surface area contributed by atoms with Crippen LogP contribution < -0.4 is 10.0 Å². The van der Waals surface area contributed by atoms with Crippen LogP contribution in [-0.4, -0.2) is 33.0 Å². The number of rotatable bonds is 5. The van der Waals surface area contributed by atoms with Crippen LogP contribution in [0.5, 0.6) is 0 Å². The first kappa shape index (κ1) is 15.9. The zero-order valence-electron chi connectivity index (χ0n) is 11.6. The van der Waals surface area contributed by atoms with Crippen LogP contribution in [0, 0.1) is 16.0 Å². The fraction of sp³-hybridized carbons (Fsp3) is 0.538. The summed E-state index contributed by atoms with van der Waals surface area (Å²) in [5, 5.41) is 13.8. The van der Waals surface area contributed by atoms with Gasteiger partial charge in [-0.15, -0.1) is 0 Å². The minimum atomic E-state index is -3.61. The summed E-state index contributed by atoms with van der Waals surface area (Å²) in [5.41, 5.74) is -0.123. The van der Waals surface area contributed by atoms with E-state index < -0.39 is 14.9 Å². The molecule has 0 aromatic heterocycles. The van der Waals surface area contributed by atoms with Gasteiger partial charge in [0.2, 0.25) is 10.0 Å². The SMILES string of the molecule is O=[N+]([O-])c1ccc(S(=O)(=O)NCC2CCCCNC2)cc1. The Morgan fingerprint density at radius 3 is 2.67 bits per heavy atom. The molecule has 2 rings (SSSR count). The lowest BCUT2D eigenvalue weighted by Crippen LogP contribution is -2.33. The zero-order valence-corrected chi connectivity index (χ0v) is 12.4. The van der Waals surface area contributed by atoms with E-state index in [9.17, 15) is 18.5 Å². The molecule has 0 bridgehead atoms. The molecule has 0 spiro atoms. The third kappa shape index (κ3) is 4.48. The van der Waals surface area contributed by atoms with Crippen LogP contribution in [0.1, 0.15) is 19.3 Å². The molecule has 1 atom stereocenters. The van der Waals surface area contributed by atoms with Crippen molar-refractivity contribution >= 4 is 15.7 Å². The first-order valence-corrected chi connectivity index (χ1v) is 8.42. The number of nitro groups is 1. The van der Waals surface area contributed by atoms with Crippen LogP contribution >= 0.6 is 0 Å². The van der Waals surface area contributed by atoms with E-state index in [0.29, 0.717) is 6.54 Å². The molecule has 0 radical (unpaired) electrons. The minimum Gasteiger partial charge on any atom is -0.316 e. The maximum atomic E-state index is 12.1. The Labute approximate surface area is 123 Å². The van der Waals surface area contributed by atoms with Crippen molar-refractivity contribution in [3.8, 4) is 0 Å². The Morgan fingerprint density at radius 2 is 2.00 bits per heavy atom. The van der Waals surface area contributed by atoms with Gasteiger partial charge in [0, 0.05) is 18.7 Å². The van der Waals surface area contributed by atoms with Gasteiger partial charge in [-0.3, -0.25) is 10.1 Å². The molecule has 1 saturated heterocycles. The molecule has 7 nitrogen and oxygen atoms in total. The summed E-state index contributed by atoms with van der Waals surface area (Å²) in [5.74, 6) is 0.278. The molecule has 0 amide bonds. The average Bonchev–Trinajstić information content (AvgIpc) is 2.74. The highest BCUT2D eigenvalue weighted by Crippen LogP contribution is 2.16. The molecule has 0 saturated carbocycles. The lowest BCUT2D eigenvalue weighted by atomic mass is 10.0. The number of sulfonamides is 1. The van der Waals surface area contributed by atoms with Gasteiger partial charge in [-0.25, -0.2) is 13.1 Å². The van der Waals surface area contributed by atoms with Crippen molar-refractivity contribution in [3.63, 3.8) is 0 Å². The summed E-state index contributed by atoms with van der Waals surface area (Å²) in [6.07, 6.45) is 3.21. The molecule has 1 fully saturated rings. The summed E-state index contributed by atoms with van der Waals surface area (Å²) >= 11 is 0. The van der Waals surface area contributed by atoms with Crippen LogP contribution in [-0.2, 0) is 10.0 Å². The largest absolute Gasteiger partial charge is 0.316 e. The van der Waals surface area contributed by atoms with Gasteiger partial charge in [0.15, 0.2) is 0 Å². The molecule has 21 heavy (non-hydrogen) atoms. The molecule has 1 aromatic rings. The molecule has 2 N–H and O–H groups in total. The van der Waals surface area contributed by atoms with E-state index in [1.54, 1.807) is 0 Å². The Morgan fingerprint density at radius 1 is 1.29 bits per heavy atom. The second-order valence-corrected chi connectivity index (χ2v) is 6.94. The van der Waals surface area contributed by atoms with Crippen molar-refractivity contribution < 1.29 is 13.3 Å². The van der Waals surface area contributed by atoms with Crippen molar-refractivity contribution in [2.75, 3.05) is 19.6 Å². The smallest absolute Gasteiger partial charge is 0.269 e.